The van der Waals surface area contributed by atoms with Gasteiger partial charge in [0.1, 0.15) is 28.3 Å². The fraction of sp³-hybridized carbons (Fsp3) is 0.556. The third-order valence-electron chi connectivity index (χ3n) is 4.30. The summed E-state index contributed by atoms with van der Waals surface area (Å²) in [4.78, 5) is 14.7. The summed E-state index contributed by atoms with van der Waals surface area (Å²) in [6.07, 6.45) is 0. The van der Waals surface area contributed by atoms with Crippen LogP contribution in [0, 0.1) is 17.2 Å². The highest BCUT2D eigenvalue weighted by Crippen LogP contribution is 2.47. The molecule has 2 atom stereocenters. The highest BCUT2D eigenvalue weighted by Gasteiger charge is 2.51. The van der Waals surface area contributed by atoms with Gasteiger partial charge in [-0.2, -0.15) is 5.26 Å². The molecule has 1 aliphatic rings. The molecule has 1 saturated heterocycles. The van der Waals surface area contributed by atoms with Gasteiger partial charge in [-0.15, -0.1) is 11.8 Å². The molecule has 6 nitrogen and oxygen atoms in total. The van der Waals surface area contributed by atoms with Crippen LogP contribution in [0.15, 0.2) is 12.1 Å². The Kier molecular flexibility index (Phi) is 6.20. The van der Waals surface area contributed by atoms with E-state index in [0.717, 1.165) is 0 Å². The molecular formula is C18H24ClN3O3S. The van der Waals surface area contributed by atoms with E-state index in [1.165, 1.54) is 14.2 Å². The van der Waals surface area contributed by atoms with Crippen LogP contribution in [0.5, 0.6) is 11.5 Å². The quantitative estimate of drug-likeness (QED) is 0.804. The number of carbonyl (C=O) groups is 1. The molecule has 0 aromatic heterocycles. The average molecular weight is 398 g/mol. The lowest BCUT2D eigenvalue weighted by molar-refractivity contribution is 0.184. The number of carbonyl (C=O) groups excluding carboxylic acids is 1. The lowest BCUT2D eigenvalue weighted by Crippen LogP contribution is -2.48. The summed E-state index contributed by atoms with van der Waals surface area (Å²) in [5.74, 6) is 1.03. The Balaban J connectivity index is 2.41. The first kappa shape index (κ1) is 20.5. The number of nitriles is 1. The number of methoxy groups -OCH3 is 2. The third kappa shape index (κ3) is 3.67. The van der Waals surface area contributed by atoms with Gasteiger partial charge in [-0.05, 0) is 31.9 Å². The number of hydrogen-bond acceptors (Lipinski definition) is 5. The van der Waals surface area contributed by atoms with E-state index in [9.17, 15) is 10.1 Å². The van der Waals surface area contributed by atoms with E-state index < -0.39 is 6.04 Å². The Bertz CT molecular complexity index is 733. The maximum Gasteiger partial charge on any atom is 0.324 e. The first-order valence-corrected chi connectivity index (χ1v) is 9.50. The zero-order valence-corrected chi connectivity index (χ0v) is 17.4. The van der Waals surface area contributed by atoms with Crippen molar-refractivity contribution in [2.45, 2.75) is 43.9 Å². The van der Waals surface area contributed by atoms with Crippen LogP contribution in [0.1, 0.15) is 27.7 Å². The van der Waals surface area contributed by atoms with Gasteiger partial charge in [0.25, 0.3) is 0 Å². The smallest absolute Gasteiger partial charge is 0.324 e. The van der Waals surface area contributed by atoms with Crippen molar-refractivity contribution >= 4 is 35.1 Å². The molecule has 2 unspecified atom stereocenters. The minimum atomic E-state index is -0.560. The van der Waals surface area contributed by atoms with Crippen LogP contribution in [-0.2, 0) is 0 Å². The highest BCUT2D eigenvalue weighted by molar-refractivity contribution is 8.01. The maximum absolute atomic E-state index is 13.1. The van der Waals surface area contributed by atoms with Crippen molar-refractivity contribution < 1.29 is 14.3 Å². The molecule has 0 bridgehead atoms. The summed E-state index contributed by atoms with van der Waals surface area (Å²) in [5, 5.41) is 12.6. The number of hydrogen-bond donors (Lipinski definition) is 1. The van der Waals surface area contributed by atoms with Gasteiger partial charge in [0, 0.05) is 4.75 Å². The lowest BCUT2D eigenvalue weighted by Gasteiger charge is -2.30. The molecule has 0 saturated carbocycles. The molecule has 1 heterocycles. The van der Waals surface area contributed by atoms with Crippen LogP contribution >= 0.6 is 23.4 Å². The molecule has 1 aromatic carbocycles. The van der Waals surface area contributed by atoms with Gasteiger partial charge in [-0.25, -0.2) is 4.79 Å². The van der Waals surface area contributed by atoms with Crippen LogP contribution in [0.3, 0.4) is 0 Å². The van der Waals surface area contributed by atoms with Gasteiger partial charge in [-0.3, -0.25) is 4.90 Å². The number of benzene rings is 1. The van der Waals surface area contributed by atoms with Gasteiger partial charge in [0.05, 0.1) is 25.7 Å². The fourth-order valence-electron chi connectivity index (χ4n) is 2.98. The number of nitrogens with one attached hydrogen (secondary N) is 1. The van der Waals surface area contributed by atoms with Gasteiger partial charge in [0.15, 0.2) is 0 Å². The van der Waals surface area contributed by atoms with E-state index in [2.05, 4.69) is 11.4 Å². The molecule has 8 heteroatoms. The van der Waals surface area contributed by atoms with Crippen molar-refractivity contribution in [3.63, 3.8) is 0 Å². The number of ether oxygens (including phenoxy) is 2. The molecule has 0 radical (unpaired) electrons. The van der Waals surface area contributed by atoms with Crippen LogP contribution in [0.4, 0.5) is 10.5 Å². The van der Waals surface area contributed by atoms with Gasteiger partial charge in [-0.1, -0.05) is 25.4 Å². The van der Waals surface area contributed by atoms with E-state index in [0.29, 0.717) is 17.2 Å². The standard InChI is InChI=1S/C18H24ClN3O3S/c1-10(2)16-22(13(9-20)18(3,4)26-16)17(23)21-15-12(25-6)8-7-11(24-5)14(15)19/h7-8,10,13,16H,1-6H3,(H,21,23). The number of nitrogens with zero attached hydrogens (tertiary/aromatic N) is 2. The second-order valence-corrected chi connectivity index (χ2v) is 9.03. The number of anilines is 1. The zero-order valence-electron chi connectivity index (χ0n) is 15.8. The molecule has 142 valence electrons. The van der Waals surface area contributed by atoms with Gasteiger partial charge >= 0.3 is 6.03 Å². The molecular weight excluding hydrogens is 374 g/mol. The second kappa shape index (κ2) is 7.85. The summed E-state index contributed by atoms with van der Waals surface area (Å²) >= 11 is 7.99. The molecule has 0 aliphatic carbocycles. The van der Waals surface area contributed by atoms with Crippen molar-refractivity contribution in [3.05, 3.63) is 17.2 Å². The van der Waals surface area contributed by atoms with E-state index in [4.69, 9.17) is 21.1 Å². The number of urea groups is 1. The largest absolute Gasteiger partial charge is 0.495 e. The summed E-state index contributed by atoms with van der Waals surface area (Å²) in [5.41, 5.74) is 0.326. The van der Waals surface area contributed by atoms with E-state index >= 15 is 0 Å². The fourth-order valence-corrected chi connectivity index (χ4v) is 4.78. The van der Waals surface area contributed by atoms with Crippen LogP contribution in [0.2, 0.25) is 5.02 Å². The molecule has 2 amide bonds. The predicted molar refractivity (Wildman–Crippen MR) is 105 cm³/mol. The molecule has 0 spiro atoms. The Morgan fingerprint density at radius 1 is 1.35 bits per heavy atom. The molecule has 1 aliphatic heterocycles. The van der Waals surface area contributed by atoms with Crippen molar-refractivity contribution in [2.75, 3.05) is 19.5 Å². The summed E-state index contributed by atoms with van der Waals surface area (Å²) in [6.45, 7) is 8.03. The molecule has 1 fully saturated rings. The number of rotatable bonds is 4. The molecule has 2 rings (SSSR count). The van der Waals surface area contributed by atoms with Crippen LogP contribution in [0.25, 0.3) is 0 Å². The summed E-state index contributed by atoms with van der Waals surface area (Å²) in [6, 6.07) is 4.67. The molecule has 1 N–H and O–H groups in total. The number of amides is 2. The zero-order chi connectivity index (χ0) is 19.6. The first-order chi connectivity index (χ1) is 12.2. The van der Waals surface area contributed by atoms with Crippen molar-refractivity contribution in [1.29, 1.82) is 5.26 Å². The van der Waals surface area contributed by atoms with Crippen LogP contribution in [-0.4, -0.2) is 41.3 Å². The minimum Gasteiger partial charge on any atom is -0.495 e. The first-order valence-electron chi connectivity index (χ1n) is 8.25. The SMILES string of the molecule is COc1ccc(OC)c(NC(=O)N2C(C(C)C)SC(C)(C)C2C#N)c1Cl. The average Bonchev–Trinajstić information content (AvgIpc) is 2.87. The number of thioether (sulfide) groups is 1. The monoisotopic (exact) mass is 397 g/mol. The van der Waals surface area contributed by atoms with Crippen molar-refractivity contribution in [2.24, 2.45) is 5.92 Å². The predicted octanol–water partition coefficient (Wildman–Crippen LogP) is 4.59. The Morgan fingerprint density at radius 2 is 1.92 bits per heavy atom. The van der Waals surface area contributed by atoms with E-state index in [1.54, 1.807) is 28.8 Å². The summed E-state index contributed by atoms with van der Waals surface area (Å²) < 4.78 is 10.2. The Hall–Kier alpha value is -1.78. The Morgan fingerprint density at radius 3 is 2.42 bits per heavy atom. The summed E-state index contributed by atoms with van der Waals surface area (Å²) in [7, 11) is 3.00. The second-order valence-electron chi connectivity index (χ2n) is 6.88. The van der Waals surface area contributed by atoms with E-state index in [1.807, 2.05) is 27.7 Å². The van der Waals surface area contributed by atoms with Gasteiger partial charge < -0.3 is 14.8 Å². The van der Waals surface area contributed by atoms with E-state index in [-0.39, 0.29) is 27.1 Å². The molecule has 26 heavy (non-hydrogen) atoms. The van der Waals surface area contributed by atoms with Crippen molar-refractivity contribution in [3.8, 4) is 17.6 Å². The lowest BCUT2D eigenvalue weighted by atomic mass is 10.0. The topological polar surface area (TPSA) is 74.6 Å². The number of halogens is 1. The normalized spacial score (nSPS) is 21.4. The maximum atomic E-state index is 13.1. The van der Waals surface area contributed by atoms with Crippen LogP contribution < -0.4 is 14.8 Å². The Labute approximate surface area is 163 Å². The highest BCUT2D eigenvalue weighted by atomic mass is 35.5. The third-order valence-corrected chi connectivity index (χ3v) is 6.52. The molecule has 1 aromatic rings. The van der Waals surface area contributed by atoms with Crippen molar-refractivity contribution in [1.82, 2.24) is 4.90 Å². The minimum absolute atomic E-state index is 0.120. The van der Waals surface area contributed by atoms with Gasteiger partial charge in [0.2, 0.25) is 0 Å².